The molecule has 2 aromatic heterocycles. The third kappa shape index (κ3) is 5.46. The average Bonchev–Trinajstić information content (AvgIpc) is 3.55. The zero-order chi connectivity index (χ0) is 23.3. The van der Waals surface area contributed by atoms with Crippen molar-refractivity contribution in [2.45, 2.75) is 25.7 Å². The van der Waals surface area contributed by atoms with Crippen LogP contribution in [0.25, 0.3) is 21.8 Å². The number of carbonyl (C=O) groups is 2. The van der Waals surface area contributed by atoms with Crippen LogP contribution in [0, 0.1) is 0 Å². The second-order valence-corrected chi connectivity index (χ2v) is 9.85. The molecule has 2 aliphatic rings. The van der Waals surface area contributed by atoms with Gasteiger partial charge in [-0.05, 0) is 30.9 Å². The van der Waals surface area contributed by atoms with Gasteiger partial charge in [-0.15, -0.1) is 11.3 Å². The number of H-pyrrole nitrogens is 1. The lowest BCUT2D eigenvalue weighted by atomic mass is 10.1. The predicted molar refractivity (Wildman–Crippen MR) is 133 cm³/mol. The molecule has 0 bridgehead atoms. The summed E-state index contributed by atoms with van der Waals surface area (Å²) in [5.74, 6) is 0.300. The summed E-state index contributed by atoms with van der Waals surface area (Å²) in [7, 11) is 0. The number of rotatable bonds is 7. The number of aromatic nitrogens is 2. The van der Waals surface area contributed by atoms with Crippen molar-refractivity contribution in [1.29, 1.82) is 0 Å². The van der Waals surface area contributed by atoms with Crippen LogP contribution in [0.15, 0.2) is 41.9 Å². The maximum Gasteiger partial charge on any atom is 0.270 e. The highest BCUT2D eigenvalue weighted by Crippen LogP contribution is 2.30. The molecule has 7 nitrogen and oxygen atoms in total. The number of Topliss-reactive ketones (excluding diaryl/α,β-unsaturated/α-hetero) is 1. The second-order valence-electron chi connectivity index (χ2n) is 8.99. The van der Waals surface area contributed by atoms with Gasteiger partial charge in [0.25, 0.3) is 5.91 Å². The molecule has 0 unspecified atom stereocenters. The Balaban J connectivity index is 1.20. The zero-order valence-electron chi connectivity index (χ0n) is 19.3. The molecule has 2 fully saturated rings. The van der Waals surface area contributed by atoms with Crippen molar-refractivity contribution in [2.24, 2.45) is 0 Å². The number of ketones is 1. The Morgan fingerprint density at radius 3 is 2.53 bits per heavy atom. The molecule has 0 atom stereocenters. The minimum absolute atomic E-state index is 0.0696. The van der Waals surface area contributed by atoms with Crippen molar-refractivity contribution in [2.75, 3.05) is 45.9 Å². The van der Waals surface area contributed by atoms with E-state index in [0.717, 1.165) is 66.4 Å². The molecule has 4 heterocycles. The molecule has 2 aliphatic heterocycles. The van der Waals surface area contributed by atoms with Crippen LogP contribution in [0.5, 0.6) is 0 Å². The first-order valence-corrected chi connectivity index (χ1v) is 12.9. The summed E-state index contributed by atoms with van der Waals surface area (Å²) in [5.41, 5.74) is 4.45. The monoisotopic (exact) mass is 478 g/mol. The number of hydrogen-bond donors (Lipinski definition) is 1. The van der Waals surface area contributed by atoms with Gasteiger partial charge in [-0.25, -0.2) is 4.98 Å². The number of morpholine rings is 1. The summed E-state index contributed by atoms with van der Waals surface area (Å²) in [4.78, 5) is 37.2. The van der Waals surface area contributed by atoms with Crippen LogP contribution in [0.3, 0.4) is 0 Å². The summed E-state index contributed by atoms with van der Waals surface area (Å²) in [6.07, 6.45) is 5.66. The predicted octanol–water partition coefficient (Wildman–Crippen LogP) is 3.88. The molecule has 34 heavy (non-hydrogen) atoms. The van der Waals surface area contributed by atoms with Gasteiger partial charge in [-0.2, -0.15) is 0 Å². The first-order valence-electron chi connectivity index (χ1n) is 12.0. The van der Waals surface area contributed by atoms with Crippen LogP contribution in [-0.4, -0.2) is 77.4 Å². The van der Waals surface area contributed by atoms with Gasteiger partial charge in [0, 0.05) is 55.3 Å². The van der Waals surface area contributed by atoms with Gasteiger partial charge in [0.05, 0.1) is 25.5 Å². The van der Waals surface area contributed by atoms with E-state index in [1.165, 1.54) is 6.42 Å². The van der Waals surface area contributed by atoms with Crippen LogP contribution < -0.4 is 0 Å². The highest BCUT2D eigenvalue weighted by Gasteiger charge is 2.20. The van der Waals surface area contributed by atoms with E-state index in [-0.39, 0.29) is 11.7 Å². The molecule has 3 aromatic rings. The zero-order valence-corrected chi connectivity index (χ0v) is 20.1. The van der Waals surface area contributed by atoms with Crippen molar-refractivity contribution in [3.8, 4) is 21.8 Å². The Bertz CT molecular complexity index is 1130. The second kappa shape index (κ2) is 10.6. The molecule has 1 aromatic carbocycles. The highest BCUT2D eigenvalue weighted by molar-refractivity contribution is 7.13. The lowest BCUT2D eigenvalue weighted by Crippen LogP contribution is -2.39. The largest absolute Gasteiger partial charge is 0.379 e. The first kappa shape index (κ1) is 23.0. The summed E-state index contributed by atoms with van der Waals surface area (Å²) < 4.78 is 5.34. The van der Waals surface area contributed by atoms with Gasteiger partial charge in [0.1, 0.15) is 10.7 Å². The number of likely N-dealkylation sites (tertiary alicyclic amines) is 1. The standard InChI is InChI=1S/C26H30N4O3S/c31-22(17-29-10-12-33-13-11-29)14-19-4-6-20(7-5-19)25-28-24(18-34-25)21-15-23(27-16-21)26(32)30-8-2-1-3-9-30/h4-7,15-16,18,27H,1-3,8-14,17H2. The molecule has 8 heteroatoms. The van der Waals surface area contributed by atoms with Gasteiger partial charge in [0.15, 0.2) is 5.78 Å². The molecule has 1 N–H and O–H groups in total. The molecule has 178 valence electrons. The molecule has 1 amide bonds. The van der Waals surface area contributed by atoms with E-state index < -0.39 is 0 Å². The van der Waals surface area contributed by atoms with Gasteiger partial charge in [-0.1, -0.05) is 24.3 Å². The van der Waals surface area contributed by atoms with Gasteiger partial charge in [-0.3, -0.25) is 14.5 Å². The minimum Gasteiger partial charge on any atom is -0.379 e. The third-order valence-corrected chi connectivity index (χ3v) is 7.35. The van der Waals surface area contributed by atoms with Crippen LogP contribution in [-0.2, 0) is 16.0 Å². The van der Waals surface area contributed by atoms with Crippen molar-refractivity contribution in [3.63, 3.8) is 0 Å². The summed E-state index contributed by atoms with van der Waals surface area (Å²) in [5, 5.41) is 2.94. The van der Waals surface area contributed by atoms with Gasteiger partial charge >= 0.3 is 0 Å². The van der Waals surface area contributed by atoms with Crippen molar-refractivity contribution < 1.29 is 14.3 Å². The number of aromatic amines is 1. The van der Waals surface area contributed by atoms with E-state index in [9.17, 15) is 9.59 Å². The van der Waals surface area contributed by atoms with E-state index in [4.69, 9.17) is 9.72 Å². The Hall–Kier alpha value is -2.81. The molecule has 0 spiro atoms. The van der Waals surface area contributed by atoms with Crippen LogP contribution in [0.1, 0.15) is 35.3 Å². The summed E-state index contributed by atoms with van der Waals surface area (Å²) in [6, 6.07) is 9.99. The summed E-state index contributed by atoms with van der Waals surface area (Å²) in [6.45, 7) is 5.22. The van der Waals surface area contributed by atoms with Crippen molar-refractivity contribution in [3.05, 3.63) is 53.2 Å². The summed E-state index contributed by atoms with van der Waals surface area (Å²) >= 11 is 1.58. The third-order valence-electron chi connectivity index (χ3n) is 6.46. The maximum absolute atomic E-state index is 12.7. The maximum atomic E-state index is 12.7. The molecular formula is C26H30N4O3S. The number of hydrogen-bond acceptors (Lipinski definition) is 6. The first-order chi connectivity index (χ1) is 16.7. The normalized spacial score (nSPS) is 17.1. The number of nitrogens with zero attached hydrogens (tertiary/aromatic N) is 3. The number of piperidine rings is 1. The fourth-order valence-electron chi connectivity index (χ4n) is 4.53. The van der Waals surface area contributed by atoms with Gasteiger partial charge in [0.2, 0.25) is 0 Å². The fraction of sp³-hybridized carbons (Fsp3) is 0.423. The van der Waals surface area contributed by atoms with Gasteiger partial charge < -0.3 is 14.6 Å². The van der Waals surface area contributed by atoms with E-state index in [2.05, 4.69) is 9.88 Å². The van der Waals surface area contributed by atoms with Crippen LogP contribution in [0.2, 0.25) is 0 Å². The molecule has 2 saturated heterocycles. The Morgan fingerprint density at radius 2 is 1.76 bits per heavy atom. The molecule has 0 aliphatic carbocycles. The number of amides is 1. The van der Waals surface area contributed by atoms with Crippen molar-refractivity contribution >= 4 is 23.0 Å². The molecule has 0 radical (unpaired) electrons. The Kier molecular flexibility index (Phi) is 7.18. The molecular weight excluding hydrogens is 448 g/mol. The fourth-order valence-corrected chi connectivity index (χ4v) is 5.36. The molecule has 5 rings (SSSR count). The average molecular weight is 479 g/mol. The number of thiazole rings is 1. The van der Waals surface area contributed by atoms with E-state index in [1.807, 2.05) is 46.8 Å². The number of carbonyl (C=O) groups excluding carboxylic acids is 2. The highest BCUT2D eigenvalue weighted by atomic mass is 32.1. The SMILES string of the molecule is O=C(Cc1ccc(-c2nc(-c3c[nH]c(C(=O)N4CCCCC4)c3)cs2)cc1)CN1CCOCC1. The van der Waals surface area contributed by atoms with E-state index in [0.29, 0.717) is 31.9 Å². The topological polar surface area (TPSA) is 78.5 Å². The number of benzene rings is 1. The smallest absolute Gasteiger partial charge is 0.270 e. The lowest BCUT2D eigenvalue weighted by Gasteiger charge is -2.26. The number of ether oxygens (including phenoxy) is 1. The Morgan fingerprint density at radius 1 is 1.00 bits per heavy atom. The van der Waals surface area contributed by atoms with E-state index >= 15 is 0 Å². The van der Waals surface area contributed by atoms with E-state index in [1.54, 1.807) is 11.3 Å². The molecule has 0 saturated carbocycles. The van der Waals surface area contributed by atoms with Crippen LogP contribution >= 0.6 is 11.3 Å². The quantitative estimate of drug-likeness (QED) is 0.558. The number of nitrogens with one attached hydrogen (secondary N) is 1. The Labute approximate surface area is 203 Å². The van der Waals surface area contributed by atoms with Crippen molar-refractivity contribution in [1.82, 2.24) is 19.8 Å². The lowest BCUT2D eigenvalue weighted by molar-refractivity contribution is -0.120. The van der Waals surface area contributed by atoms with Crippen LogP contribution in [0.4, 0.5) is 0 Å². The minimum atomic E-state index is 0.0696.